The van der Waals surface area contributed by atoms with Crippen molar-refractivity contribution in [2.75, 3.05) is 11.9 Å². The molecule has 0 radical (unpaired) electrons. The Morgan fingerprint density at radius 3 is 2.68 bits per heavy atom. The van der Waals surface area contributed by atoms with Crippen molar-refractivity contribution in [1.82, 2.24) is 19.5 Å². The largest absolute Gasteiger partial charge is 0.451 e. The molecule has 2 heterocycles. The number of rotatable bonds is 4. The predicted octanol–water partition coefficient (Wildman–Crippen LogP) is 2.50. The van der Waals surface area contributed by atoms with E-state index in [1.165, 1.54) is 29.4 Å². The Morgan fingerprint density at radius 2 is 2.11 bits per heavy atom. The van der Waals surface area contributed by atoms with Gasteiger partial charge in [-0.15, -0.1) is 0 Å². The van der Waals surface area contributed by atoms with Crippen LogP contribution in [0.5, 0.6) is 0 Å². The molecule has 0 aromatic carbocycles. The fourth-order valence-corrected chi connectivity index (χ4v) is 1.43. The van der Waals surface area contributed by atoms with Crippen LogP contribution in [0, 0.1) is 0 Å². The number of aromatic nitrogens is 4. The Labute approximate surface area is 107 Å². The fraction of sp³-hybridized carbons (Fsp3) is 0.364. The first-order valence-electron chi connectivity index (χ1n) is 5.69. The van der Waals surface area contributed by atoms with Gasteiger partial charge in [0.25, 0.3) is 0 Å². The van der Waals surface area contributed by atoms with E-state index in [4.69, 9.17) is 0 Å². The summed E-state index contributed by atoms with van der Waals surface area (Å²) in [4.78, 5) is 10.8. The van der Waals surface area contributed by atoms with Gasteiger partial charge in [-0.3, -0.25) is 4.57 Å². The first-order chi connectivity index (χ1) is 9.00. The SMILES string of the molecule is CCCNc1cc(-n2ccnc2)nc(C(F)(F)F)n1. The molecule has 0 aliphatic carbocycles. The molecule has 0 spiro atoms. The molecule has 5 nitrogen and oxygen atoms in total. The van der Waals surface area contributed by atoms with Crippen LogP contribution in [0.15, 0.2) is 24.8 Å². The highest BCUT2D eigenvalue weighted by Crippen LogP contribution is 2.27. The van der Waals surface area contributed by atoms with Gasteiger partial charge in [0.15, 0.2) is 0 Å². The molecule has 0 unspecified atom stereocenters. The van der Waals surface area contributed by atoms with Crippen LogP contribution in [0.2, 0.25) is 0 Å². The van der Waals surface area contributed by atoms with Crippen LogP contribution in [0.25, 0.3) is 5.82 Å². The highest BCUT2D eigenvalue weighted by molar-refractivity contribution is 5.42. The lowest BCUT2D eigenvalue weighted by atomic mass is 10.4. The van der Waals surface area contributed by atoms with E-state index in [1.54, 1.807) is 0 Å². The van der Waals surface area contributed by atoms with Gasteiger partial charge in [0.2, 0.25) is 5.82 Å². The van der Waals surface area contributed by atoms with Crippen molar-refractivity contribution in [3.8, 4) is 5.82 Å². The first kappa shape index (κ1) is 13.3. The molecule has 8 heteroatoms. The lowest BCUT2D eigenvalue weighted by Crippen LogP contribution is -2.15. The summed E-state index contributed by atoms with van der Waals surface area (Å²) < 4.78 is 39.6. The van der Waals surface area contributed by atoms with Gasteiger partial charge >= 0.3 is 6.18 Å². The molecule has 0 bridgehead atoms. The molecular formula is C11H12F3N5. The summed E-state index contributed by atoms with van der Waals surface area (Å²) in [6.45, 7) is 2.45. The molecular weight excluding hydrogens is 259 g/mol. The third-order valence-corrected chi connectivity index (χ3v) is 2.29. The van der Waals surface area contributed by atoms with Crippen molar-refractivity contribution < 1.29 is 13.2 Å². The zero-order valence-corrected chi connectivity index (χ0v) is 10.1. The second-order valence-corrected chi connectivity index (χ2v) is 3.83. The number of nitrogens with one attached hydrogen (secondary N) is 1. The van der Waals surface area contributed by atoms with Gasteiger partial charge in [-0.2, -0.15) is 13.2 Å². The highest BCUT2D eigenvalue weighted by Gasteiger charge is 2.35. The Hall–Kier alpha value is -2.12. The number of hydrogen-bond donors (Lipinski definition) is 1. The molecule has 0 saturated carbocycles. The number of nitrogens with zero attached hydrogens (tertiary/aromatic N) is 4. The zero-order valence-electron chi connectivity index (χ0n) is 10.1. The van der Waals surface area contributed by atoms with Crippen molar-refractivity contribution in [3.63, 3.8) is 0 Å². The molecule has 102 valence electrons. The van der Waals surface area contributed by atoms with Gasteiger partial charge in [-0.1, -0.05) is 6.92 Å². The van der Waals surface area contributed by atoms with Gasteiger partial charge in [0.1, 0.15) is 18.0 Å². The van der Waals surface area contributed by atoms with Crippen LogP contribution in [-0.4, -0.2) is 26.1 Å². The van der Waals surface area contributed by atoms with E-state index < -0.39 is 12.0 Å². The first-order valence-corrected chi connectivity index (χ1v) is 5.69. The molecule has 2 aromatic rings. The maximum absolute atomic E-state index is 12.7. The zero-order chi connectivity index (χ0) is 13.9. The number of anilines is 1. The minimum Gasteiger partial charge on any atom is -0.370 e. The summed E-state index contributed by atoms with van der Waals surface area (Å²) in [5.74, 6) is -0.899. The molecule has 0 atom stereocenters. The Kier molecular flexibility index (Phi) is 3.68. The molecule has 0 aliphatic rings. The van der Waals surface area contributed by atoms with Crippen LogP contribution in [0.1, 0.15) is 19.2 Å². The van der Waals surface area contributed by atoms with E-state index in [0.29, 0.717) is 6.54 Å². The van der Waals surface area contributed by atoms with E-state index in [0.717, 1.165) is 6.42 Å². The van der Waals surface area contributed by atoms with Gasteiger partial charge in [0.05, 0.1) is 0 Å². The standard InChI is InChI=1S/C11H12F3N5/c1-2-3-16-8-6-9(19-5-4-15-7-19)18-10(17-8)11(12,13)14/h4-7H,2-3H2,1H3,(H,16,17,18). The predicted molar refractivity (Wildman–Crippen MR) is 62.9 cm³/mol. The quantitative estimate of drug-likeness (QED) is 0.928. The Balaban J connectivity index is 2.43. The van der Waals surface area contributed by atoms with Crippen LogP contribution < -0.4 is 5.32 Å². The Morgan fingerprint density at radius 1 is 1.32 bits per heavy atom. The van der Waals surface area contributed by atoms with E-state index in [-0.39, 0.29) is 11.6 Å². The maximum Gasteiger partial charge on any atom is 0.451 e. The molecule has 0 saturated heterocycles. The third kappa shape index (κ3) is 3.21. The fourth-order valence-electron chi connectivity index (χ4n) is 1.43. The summed E-state index contributed by atoms with van der Waals surface area (Å²) in [7, 11) is 0. The van der Waals surface area contributed by atoms with Gasteiger partial charge in [-0.05, 0) is 6.42 Å². The van der Waals surface area contributed by atoms with E-state index >= 15 is 0 Å². The average Bonchev–Trinajstić information content (AvgIpc) is 2.89. The second-order valence-electron chi connectivity index (χ2n) is 3.83. The maximum atomic E-state index is 12.7. The summed E-state index contributed by atoms with van der Waals surface area (Å²) in [6, 6.07) is 1.45. The summed E-state index contributed by atoms with van der Waals surface area (Å²) >= 11 is 0. The monoisotopic (exact) mass is 271 g/mol. The van der Waals surface area contributed by atoms with E-state index in [1.807, 2.05) is 6.92 Å². The molecule has 2 aromatic heterocycles. The number of halogens is 3. The van der Waals surface area contributed by atoms with Crippen LogP contribution in [0.3, 0.4) is 0 Å². The van der Waals surface area contributed by atoms with Crippen molar-refractivity contribution in [3.05, 3.63) is 30.6 Å². The minimum atomic E-state index is -4.58. The number of imidazole rings is 1. The van der Waals surface area contributed by atoms with Crippen molar-refractivity contribution in [1.29, 1.82) is 0 Å². The lowest BCUT2D eigenvalue weighted by molar-refractivity contribution is -0.144. The number of hydrogen-bond acceptors (Lipinski definition) is 4. The molecule has 1 N–H and O–H groups in total. The Bertz CT molecular complexity index is 536. The third-order valence-electron chi connectivity index (χ3n) is 2.29. The summed E-state index contributed by atoms with van der Waals surface area (Å²) in [6.07, 6.45) is 0.567. The van der Waals surface area contributed by atoms with Crippen LogP contribution in [0.4, 0.5) is 19.0 Å². The molecule has 19 heavy (non-hydrogen) atoms. The summed E-state index contributed by atoms with van der Waals surface area (Å²) in [5.41, 5.74) is 0. The van der Waals surface area contributed by atoms with Crippen molar-refractivity contribution in [2.24, 2.45) is 0 Å². The smallest absolute Gasteiger partial charge is 0.370 e. The normalized spacial score (nSPS) is 11.6. The second kappa shape index (κ2) is 5.25. The molecule has 0 amide bonds. The van der Waals surface area contributed by atoms with Gasteiger partial charge < -0.3 is 5.32 Å². The highest BCUT2D eigenvalue weighted by atomic mass is 19.4. The topological polar surface area (TPSA) is 55.6 Å². The van der Waals surface area contributed by atoms with Crippen molar-refractivity contribution in [2.45, 2.75) is 19.5 Å². The van der Waals surface area contributed by atoms with E-state index in [9.17, 15) is 13.2 Å². The van der Waals surface area contributed by atoms with Gasteiger partial charge in [-0.25, -0.2) is 15.0 Å². The molecule has 2 rings (SSSR count). The molecule has 0 aliphatic heterocycles. The van der Waals surface area contributed by atoms with Crippen molar-refractivity contribution >= 4 is 5.82 Å². The average molecular weight is 271 g/mol. The lowest BCUT2D eigenvalue weighted by Gasteiger charge is -2.11. The summed E-state index contributed by atoms with van der Waals surface area (Å²) in [5, 5.41) is 2.82. The minimum absolute atomic E-state index is 0.124. The van der Waals surface area contributed by atoms with Crippen LogP contribution in [-0.2, 0) is 6.18 Å². The molecule has 0 fully saturated rings. The van der Waals surface area contributed by atoms with Crippen LogP contribution >= 0.6 is 0 Å². The van der Waals surface area contributed by atoms with Gasteiger partial charge in [0, 0.05) is 25.0 Å². The number of alkyl halides is 3. The van der Waals surface area contributed by atoms with E-state index in [2.05, 4.69) is 20.3 Å².